The first-order chi connectivity index (χ1) is 8.90. The first-order valence-corrected chi connectivity index (χ1v) is 5.42. The molecule has 3 N–H and O–H groups in total. The number of carbonyl (C=O) groups excluding carboxylic acids is 2. The van der Waals surface area contributed by atoms with Crippen molar-refractivity contribution in [3.8, 4) is 5.75 Å². The number of aryl methyl sites for hydroxylation is 1. The van der Waals surface area contributed by atoms with Gasteiger partial charge in [-0.25, -0.2) is 4.79 Å². The van der Waals surface area contributed by atoms with Crippen LogP contribution in [0.4, 0.5) is 0 Å². The van der Waals surface area contributed by atoms with Gasteiger partial charge in [-0.1, -0.05) is 11.6 Å². The fraction of sp³-hybridized carbons (Fsp3) is 0.250. The SMILES string of the molecule is CC(=O)NNC(=O)COc1ccc(C)cc1C(=O)O. The second-order valence-electron chi connectivity index (χ2n) is 3.82. The molecular weight excluding hydrogens is 252 g/mol. The topological polar surface area (TPSA) is 105 Å². The molecular formula is C12H14N2O5. The lowest BCUT2D eigenvalue weighted by Crippen LogP contribution is -2.42. The molecule has 0 heterocycles. The highest BCUT2D eigenvalue weighted by Gasteiger charge is 2.12. The van der Waals surface area contributed by atoms with E-state index in [0.29, 0.717) is 0 Å². The summed E-state index contributed by atoms with van der Waals surface area (Å²) in [4.78, 5) is 32.8. The van der Waals surface area contributed by atoms with Crippen LogP contribution in [0.25, 0.3) is 0 Å². The Balaban J connectivity index is 2.65. The van der Waals surface area contributed by atoms with E-state index in [4.69, 9.17) is 9.84 Å². The predicted octanol–water partition coefficient (Wildman–Crippen LogP) is 0.239. The van der Waals surface area contributed by atoms with Crippen molar-refractivity contribution in [1.82, 2.24) is 10.9 Å². The van der Waals surface area contributed by atoms with E-state index >= 15 is 0 Å². The van der Waals surface area contributed by atoms with Crippen LogP contribution in [-0.2, 0) is 9.59 Å². The number of benzene rings is 1. The van der Waals surface area contributed by atoms with E-state index in [-0.39, 0.29) is 11.3 Å². The number of nitrogens with one attached hydrogen (secondary N) is 2. The fourth-order valence-corrected chi connectivity index (χ4v) is 1.27. The van der Waals surface area contributed by atoms with Crippen LogP contribution in [-0.4, -0.2) is 29.5 Å². The number of hydrazine groups is 1. The van der Waals surface area contributed by atoms with Crippen molar-refractivity contribution in [1.29, 1.82) is 0 Å². The quantitative estimate of drug-likeness (QED) is 0.677. The molecule has 102 valence electrons. The zero-order chi connectivity index (χ0) is 14.4. The van der Waals surface area contributed by atoms with Gasteiger partial charge in [0.15, 0.2) is 6.61 Å². The molecule has 7 heteroatoms. The Morgan fingerprint density at radius 1 is 1.26 bits per heavy atom. The van der Waals surface area contributed by atoms with Crippen LogP contribution in [0.5, 0.6) is 5.75 Å². The van der Waals surface area contributed by atoms with Gasteiger partial charge >= 0.3 is 5.97 Å². The lowest BCUT2D eigenvalue weighted by atomic mass is 10.1. The minimum Gasteiger partial charge on any atom is -0.483 e. The monoisotopic (exact) mass is 266 g/mol. The molecule has 0 aliphatic heterocycles. The average Bonchev–Trinajstić information content (AvgIpc) is 2.34. The van der Waals surface area contributed by atoms with Gasteiger partial charge in [-0.2, -0.15) is 0 Å². The molecule has 0 unspecified atom stereocenters. The van der Waals surface area contributed by atoms with Crippen LogP contribution in [0, 0.1) is 6.92 Å². The molecule has 0 spiro atoms. The maximum absolute atomic E-state index is 11.3. The molecule has 1 aromatic rings. The van der Waals surface area contributed by atoms with E-state index in [2.05, 4.69) is 10.9 Å². The molecule has 7 nitrogen and oxygen atoms in total. The van der Waals surface area contributed by atoms with Gasteiger partial charge < -0.3 is 9.84 Å². The van der Waals surface area contributed by atoms with Crippen LogP contribution in [0.3, 0.4) is 0 Å². The Hall–Kier alpha value is -2.57. The largest absolute Gasteiger partial charge is 0.483 e. The maximum Gasteiger partial charge on any atom is 0.339 e. The van der Waals surface area contributed by atoms with E-state index in [9.17, 15) is 14.4 Å². The van der Waals surface area contributed by atoms with Crippen molar-refractivity contribution < 1.29 is 24.2 Å². The summed E-state index contributed by atoms with van der Waals surface area (Å²) in [5, 5.41) is 8.99. The second-order valence-corrected chi connectivity index (χ2v) is 3.82. The third-order valence-electron chi connectivity index (χ3n) is 2.10. The normalized spacial score (nSPS) is 9.58. The molecule has 1 rings (SSSR count). The highest BCUT2D eigenvalue weighted by molar-refractivity contribution is 5.91. The molecule has 2 amide bonds. The van der Waals surface area contributed by atoms with Crippen molar-refractivity contribution in [3.63, 3.8) is 0 Å². The summed E-state index contributed by atoms with van der Waals surface area (Å²) < 4.78 is 5.10. The molecule has 0 radical (unpaired) electrons. The number of carboxylic acid groups (broad SMARTS) is 1. The maximum atomic E-state index is 11.3. The standard InChI is InChI=1S/C12H14N2O5/c1-7-3-4-10(9(5-7)12(17)18)19-6-11(16)14-13-8(2)15/h3-5H,6H2,1-2H3,(H,13,15)(H,14,16)(H,17,18). The molecule has 1 aromatic carbocycles. The Labute approximate surface area is 109 Å². The number of amides is 2. The molecule has 0 aliphatic rings. The number of carboxylic acids is 1. The Morgan fingerprint density at radius 2 is 1.95 bits per heavy atom. The third-order valence-corrected chi connectivity index (χ3v) is 2.10. The minimum absolute atomic E-state index is 0.0210. The molecule has 0 aromatic heterocycles. The van der Waals surface area contributed by atoms with E-state index in [1.54, 1.807) is 13.0 Å². The molecule has 0 saturated heterocycles. The summed E-state index contributed by atoms with van der Waals surface area (Å²) in [7, 11) is 0. The van der Waals surface area contributed by atoms with Gasteiger partial charge in [-0.05, 0) is 19.1 Å². The summed E-state index contributed by atoms with van der Waals surface area (Å²) in [6, 6.07) is 4.60. The average molecular weight is 266 g/mol. The third kappa shape index (κ3) is 4.66. The van der Waals surface area contributed by atoms with E-state index in [1.807, 2.05) is 0 Å². The second kappa shape index (κ2) is 6.39. The van der Waals surface area contributed by atoms with E-state index in [1.165, 1.54) is 19.1 Å². The number of rotatable bonds is 4. The summed E-state index contributed by atoms with van der Waals surface area (Å²) in [6.07, 6.45) is 0. The minimum atomic E-state index is -1.14. The highest BCUT2D eigenvalue weighted by atomic mass is 16.5. The van der Waals surface area contributed by atoms with Crippen molar-refractivity contribution in [2.45, 2.75) is 13.8 Å². The molecule has 0 bridgehead atoms. The smallest absolute Gasteiger partial charge is 0.339 e. The van der Waals surface area contributed by atoms with Crippen LogP contribution in [0.1, 0.15) is 22.8 Å². The first kappa shape index (κ1) is 14.5. The van der Waals surface area contributed by atoms with Gasteiger partial charge in [0.25, 0.3) is 5.91 Å². The zero-order valence-corrected chi connectivity index (χ0v) is 10.5. The molecule has 0 saturated carbocycles. The number of hydrogen-bond acceptors (Lipinski definition) is 4. The molecule has 0 fully saturated rings. The molecule has 19 heavy (non-hydrogen) atoms. The fourth-order valence-electron chi connectivity index (χ4n) is 1.27. The number of ether oxygens (including phenoxy) is 1. The van der Waals surface area contributed by atoms with Gasteiger partial charge in [0, 0.05) is 6.92 Å². The highest BCUT2D eigenvalue weighted by Crippen LogP contribution is 2.19. The van der Waals surface area contributed by atoms with Crippen LogP contribution in [0.15, 0.2) is 18.2 Å². The van der Waals surface area contributed by atoms with Crippen LogP contribution in [0.2, 0.25) is 0 Å². The summed E-state index contributed by atoms with van der Waals surface area (Å²) >= 11 is 0. The van der Waals surface area contributed by atoms with E-state index in [0.717, 1.165) is 5.56 Å². The summed E-state index contributed by atoms with van der Waals surface area (Å²) in [5.41, 5.74) is 4.94. The van der Waals surface area contributed by atoms with Gasteiger partial charge in [-0.3, -0.25) is 20.4 Å². The van der Waals surface area contributed by atoms with Crippen molar-refractivity contribution in [2.75, 3.05) is 6.61 Å². The Kier molecular flexibility index (Phi) is 4.87. The van der Waals surface area contributed by atoms with Crippen LogP contribution >= 0.6 is 0 Å². The summed E-state index contributed by atoms with van der Waals surface area (Å²) in [5.74, 6) is -2.06. The lowest BCUT2D eigenvalue weighted by molar-refractivity contribution is -0.129. The van der Waals surface area contributed by atoms with Gasteiger partial charge in [0.2, 0.25) is 5.91 Å². The van der Waals surface area contributed by atoms with Crippen molar-refractivity contribution in [2.24, 2.45) is 0 Å². The van der Waals surface area contributed by atoms with Gasteiger partial charge in [-0.15, -0.1) is 0 Å². The van der Waals surface area contributed by atoms with Crippen molar-refractivity contribution in [3.05, 3.63) is 29.3 Å². The number of aromatic carboxylic acids is 1. The molecule has 0 atom stereocenters. The summed E-state index contributed by atoms with van der Waals surface area (Å²) in [6.45, 7) is 2.59. The van der Waals surface area contributed by atoms with Crippen LogP contribution < -0.4 is 15.6 Å². The van der Waals surface area contributed by atoms with Gasteiger partial charge in [0.1, 0.15) is 11.3 Å². The molecule has 0 aliphatic carbocycles. The Morgan fingerprint density at radius 3 is 2.53 bits per heavy atom. The number of hydrogen-bond donors (Lipinski definition) is 3. The lowest BCUT2D eigenvalue weighted by Gasteiger charge is -2.10. The van der Waals surface area contributed by atoms with E-state index < -0.39 is 24.4 Å². The number of carbonyl (C=O) groups is 3. The first-order valence-electron chi connectivity index (χ1n) is 5.42. The predicted molar refractivity (Wildman–Crippen MR) is 65.6 cm³/mol. The van der Waals surface area contributed by atoms with Crippen molar-refractivity contribution >= 4 is 17.8 Å². The Bertz CT molecular complexity index is 513. The zero-order valence-electron chi connectivity index (χ0n) is 10.5. The van der Waals surface area contributed by atoms with Gasteiger partial charge in [0.05, 0.1) is 0 Å².